The van der Waals surface area contributed by atoms with Gasteiger partial charge in [0.2, 0.25) is 0 Å². The molecule has 0 amide bonds. The van der Waals surface area contributed by atoms with Crippen molar-refractivity contribution in [1.29, 1.82) is 0 Å². The van der Waals surface area contributed by atoms with Gasteiger partial charge in [0.1, 0.15) is 11.5 Å². The monoisotopic (exact) mass is 249 g/mol. The first-order valence-electron chi connectivity index (χ1n) is 6.25. The second-order valence-corrected chi connectivity index (χ2v) is 4.49. The van der Waals surface area contributed by atoms with Gasteiger partial charge < -0.3 is 14.8 Å². The highest BCUT2D eigenvalue weighted by Gasteiger charge is 2.17. The fourth-order valence-corrected chi connectivity index (χ4v) is 2.00. The van der Waals surface area contributed by atoms with Crippen LogP contribution in [-0.4, -0.2) is 32.1 Å². The van der Waals surface area contributed by atoms with Gasteiger partial charge in [0.15, 0.2) is 0 Å². The molecule has 1 saturated heterocycles. The van der Waals surface area contributed by atoms with Gasteiger partial charge >= 0.3 is 0 Å². The zero-order chi connectivity index (χ0) is 12.8. The van der Waals surface area contributed by atoms with Crippen LogP contribution in [0.2, 0.25) is 0 Å². The first-order valence-corrected chi connectivity index (χ1v) is 6.25. The molecule has 4 heteroatoms. The van der Waals surface area contributed by atoms with E-state index in [-0.39, 0.29) is 11.9 Å². The zero-order valence-corrected chi connectivity index (χ0v) is 10.6. The maximum atomic E-state index is 11.4. The largest absolute Gasteiger partial charge is 0.497 e. The van der Waals surface area contributed by atoms with Crippen LogP contribution in [0.3, 0.4) is 0 Å². The molecule has 1 atom stereocenters. The number of Topliss-reactive ketones (excluding diaryl/α,β-unsaturated/α-hetero) is 1. The van der Waals surface area contributed by atoms with Gasteiger partial charge in [0, 0.05) is 6.42 Å². The molecule has 0 bridgehead atoms. The lowest BCUT2D eigenvalue weighted by Gasteiger charge is -2.14. The first kappa shape index (κ1) is 13.1. The Labute approximate surface area is 107 Å². The van der Waals surface area contributed by atoms with Crippen molar-refractivity contribution in [3.05, 3.63) is 29.8 Å². The highest BCUT2D eigenvalue weighted by atomic mass is 16.5. The van der Waals surface area contributed by atoms with Gasteiger partial charge in [-0.1, -0.05) is 12.1 Å². The molecule has 0 aromatic heterocycles. The Balaban J connectivity index is 1.84. The highest BCUT2D eigenvalue weighted by molar-refractivity contribution is 5.81. The molecule has 0 radical (unpaired) electrons. The third-order valence-corrected chi connectivity index (χ3v) is 3.07. The van der Waals surface area contributed by atoms with Crippen molar-refractivity contribution in [2.45, 2.75) is 25.6 Å². The third-order valence-electron chi connectivity index (χ3n) is 3.07. The fourth-order valence-electron chi connectivity index (χ4n) is 2.00. The van der Waals surface area contributed by atoms with Crippen LogP contribution in [0.5, 0.6) is 5.75 Å². The Morgan fingerprint density at radius 3 is 2.83 bits per heavy atom. The highest BCUT2D eigenvalue weighted by Crippen LogP contribution is 2.14. The molecule has 1 fully saturated rings. The predicted octanol–water partition coefficient (Wildman–Crippen LogP) is 1.53. The minimum Gasteiger partial charge on any atom is -0.497 e. The maximum absolute atomic E-state index is 11.4. The van der Waals surface area contributed by atoms with E-state index in [0.717, 1.165) is 24.3 Å². The molecule has 0 spiro atoms. The summed E-state index contributed by atoms with van der Waals surface area (Å²) in [6, 6.07) is 7.79. The summed E-state index contributed by atoms with van der Waals surface area (Å²) < 4.78 is 10.9. The van der Waals surface area contributed by atoms with E-state index in [2.05, 4.69) is 5.32 Å². The Morgan fingerprint density at radius 2 is 2.11 bits per heavy atom. The third kappa shape index (κ3) is 3.82. The number of hydrogen-bond donors (Lipinski definition) is 1. The molecule has 0 aliphatic carbocycles. The normalized spacial score (nSPS) is 20.5. The second-order valence-electron chi connectivity index (χ2n) is 4.49. The van der Waals surface area contributed by atoms with E-state index in [1.807, 2.05) is 24.3 Å². The van der Waals surface area contributed by atoms with E-state index < -0.39 is 0 Å². The molecule has 1 aliphatic heterocycles. The average molecular weight is 249 g/mol. The standard InChI is InChI=1S/C14H19NO3/c1-17-13-4-2-11(3-5-13)10-18-14-6-7-15-9-12(16)8-14/h2-5,14-15H,6-10H2,1H3. The van der Waals surface area contributed by atoms with Crippen LogP contribution in [0.15, 0.2) is 24.3 Å². The van der Waals surface area contributed by atoms with Crippen molar-refractivity contribution in [1.82, 2.24) is 5.32 Å². The lowest BCUT2D eigenvalue weighted by Crippen LogP contribution is -2.19. The molecular weight excluding hydrogens is 230 g/mol. The van der Waals surface area contributed by atoms with Crippen molar-refractivity contribution in [2.75, 3.05) is 20.2 Å². The Kier molecular flexibility index (Phi) is 4.73. The van der Waals surface area contributed by atoms with Crippen LogP contribution in [-0.2, 0) is 16.1 Å². The van der Waals surface area contributed by atoms with Gasteiger partial charge in [0.25, 0.3) is 0 Å². The van der Waals surface area contributed by atoms with Crippen molar-refractivity contribution in [3.8, 4) is 5.75 Å². The number of methoxy groups -OCH3 is 1. The van der Waals surface area contributed by atoms with Crippen molar-refractivity contribution in [2.24, 2.45) is 0 Å². The summed E-state index contributed by atoms with van der Waals surface area (Å²) in [5.41, 5.74) is 1.10. The summed E-state index contributed by atoms with van der Waals surface area (Å²) in [5, 5.41) is 3.09. The molecule has 2 rings (SSSR count). The number of ketones is 1. The zero-order valence-electron chi connectivity index (χ0n) is 10.6. The summed E-state index contributed by atoms with van der Waals surface area (Å²) in [4.78, 5) is 11.4. The SMILES string of the molecule is COc1ccc(COC2CCNCC(=O)C2)cc1. The molecule has 18 heavy (non-hydrogen) atoms. The quantitative estimate of drug-likeness (QED) is 0.879. The summed E-state index contributed by atoms with van der Waals surface area (Å²) in [6.07, 6.45) is 1.44. The second kappa shape index (κ2) is 6.52. The summed E-state index contributed by atoms with van der Waals surface area (Å²) in [5.74, 6) is 1.07. The molecule has 1 heterocycles. The Bertz CT molecular complexity index is 389. The van der Waals surface area contributed by atoms with E-state index in [1.54, 1.807) is 7.11 Å². The number of benzene rings is 1. The van der Waals surface area contributed by atoms with Gasteiger partial charge in [-0.3, -0.25) is 4.79 Å². The lowest BCUT2D eigenvalue weighted by atomic mass is 10.1. The minimum absolute atomic E-state index is 0.0367. The first-order chi connectivity index (χ1) is 8.78. The topological polar surface area (TPSA) is 47.6 Å². The molecule has 1 unspecified atom stereocenters. The van der Waals surface area contributed by atoms with E-state index >= 15 is 0 Å². The smallest absolute Gasteiger partial charge is 0.149 e. The predicted molar refractivity (Wildman–Crippen MR) is 68.7 cm³/mol. The van der Waals surface area contributed by atoms with Crippen LogP contribution < -0.4 is 10.1 Å². The van der Waals surface area contributed by atoms with Crippen molar-refractivity contribution < 1.29 is 14.3 Å². The van der Waals surface area contributed by atoms with Gasteiger partial charge in [-0.2, -0.15) is 0 Å². The van der Waals surface area contributed by atoms with Gasteiger partial charge in [0.05, 0.1) is 26.4 Å². The van der Waals surface area contributed by atoms with Crippen molar-refractivity contribution >= 4 is 5.78 Å². The van der Waals surface area contributed by atoms with Crippen molar-refractivity contribution in [3.63, 3.8) is 0 Å². The lowest BCUT2D eigenvalue weighted by molar-refractivity contribution is -0.120. The number of nitrogens with one attached hydrogen (secondary N) is 1. The van der Waals surface area contributed by atoms with E-state index in [4.69, 9.17) is 9.47 Å². The van der Waals surface area contributed by atoms with Crippen LogP contribution in [0.4, 0.5) is 0 Å². The van der Waals surface area contributed by atoms with Crippen LogP contribution >= 0.6 is 0 Å². The minimum atomic E-state index is 0.0367. The number of hydrogen-bond acceptors (Lipinski definition) is 4. The molecule has 1 aromatic rings. The van der Waals surface area contributed by atoms with E-state index in [0.29, 0.717) is 19.6 Å². The molecule has 98 valence electrons. The maximum Gasteiger partial charge on any atom is 0.149 e. The molecule has 1 aromatic carbocycles. The van der Waals surface area contributed by atoms with Gasteiger partial charge in [-0.15, -0.1) is 0 Å². The fraction of sp³-hybridized carbons (Fsp3) is 0.500. The molecular formula is C14H19NO3. The number of carbonyl (C=O) groups excluding carboxylic acids is 1. The van der Waals surface area contributed by atoms with Crippen LogP contribution in [0, 0.1) is 0 Å². The van der Waals surface area contributed by atoms with Gasteiger partial charge in [-0.05, 0) is 30.7 Å². The molecule has 0 saturated carbocycles. The molecule has 1 aliphatic rings. The Morgan fingerprint density at radius 1 is 1.33 bits per heavy atom. The summed E-state index contributed by atoms with van der Waals surface area (Å²) >= 11 is 0. The summed E-state index contributed by atoms with van der Waals surface area (Å²) in [6.45, 7) is 1.86. The average Bonchev–Trinajstić information content (AvgIpc) is 2.61. The van der Waals surface area contributed by atoms with Crippen LogP contribution in [0.25, 0.3) is 0 Å². The van der Waals surface area contributed by atoms with Gasteiger partial charge in [-0.25, -0.2) is 0 Å². The van der Waals surface area contributed by atoms with E-state index in [1.165, 1.54) is 0 Å². The summed E-state index contributed by atoms with van der Waals surface area (Å²) in [7, 11) is 1.65. The van der Waals surface area contributed by atoms with Crippen LogP contribution in [0.1, 0.15) is 18.4 Å². The van der Waals surface area contributed by atoms with E-state index in [9.17, 15) is 4.79 Å². The molecule has 4 nitrogen and oxygen atoms in total. The number of rotatable bonds is 4. The Hall–Kier alpha value is -1.39. The number of carbonyl (C=O) groups is 1. The number of ether oxygens (including phenoxy) is 2. The molecule has 1 N–H and O–H groups in total.